The maximum absolute atomic E-state index is 13.1. The zero-order chi connectivity index (χ0) is 22.3. The van der Waals surface area contributed by atoms with Crippen molar-refractivity contribution in [3.8, 4) is 0 Å². The topological polar surface area (TPSA) is 79.5 Å². The SMILES string of the molecule is CC(C)c1noc(C(C)N2CCN(S(=O)(=O)c3ccc(Cl)c(C(F)(F)F)c3)CC2)n1. The second-order valence-electron chi connectivity index (χ2n) is 7.40. The highest BCUT2D eigenvalue weighted by Gasteiger charge is 2.37. The van der Waals surface area contributed by atoms with E-state index in [1.807, 2.05) is 25.7 Å². The number of halogens is 4. The first-order valence-electron chi connectivity index (χ1n) is 9.35. The standard InChI is InChI=1S/C18H22ClF3N4O3S/c1-11(2)16-23-17(29-24-16)12(3)25-6-8-26(9-7-25)30(27,28)13-4-5-15(19)14(10-13)18(20,21)22/h4-5,10-12H,6-9H2,1-3H3. The van der Waals surface area contributed by atoms with E-state index in [4.69, 9.17) is 16.1 Å². The van der Waals surface area contributed by atoms with Crippen molar-refractivity contribution in [1.29, 1.82) is 0 Å². The number of sulfonamides is 1. The molecule has 30 heavy (non-hydrogen) atoms. The molecule has 2 heterocycles. The van der Waals surface area contributed by atoms with Gasteiger partial charge in [-0.2, -0.15) is 22.5 Å². The van der Waals surface area contributed by atoms with Crippen LogP contribution in [0.2, 0.25) is 5.02 Å². The fourth-order valence-corrected chi connectivity index (χ4v) is 4.84. The molecule has 0 radical (unpaired) electrons. The Hall–Kier alpha value is -1.69. The predicted molar refractivity (Wildman–Crippen MR) is 104 cm³/mol. The van der Waals surface area contributed by atoms with E-state index < -0.39 is 31.7 Å². The summed E-state index contributed by atoms with van der Waals surface area (Å²) in [4.78, 5) is 5.93. The highest BCUT2D eigenvalue weighted by Crippen LogP contribution is 2.36. The van der Waals surface area contributed by atoms with E-state index in [0.29, 0.717) is 30.9 Å². The van der Waals surface area contributed by atoms with Crippen LogP contribution in [0.3, 0.4) is 0 Å². The molecule has 1 saturated heterocycles. The molecule has 1 fully saturated rings. The van der Waals surface area contributed by atoms with E-state index in [0.717, 1.165) is 12.1 Å². The van der Waals surface area contributed by atoms with Crippen LogP contribution in [0.25, 0.3) is 0 Å². The molecule has 0 amide bonds. The highest BCUT2D eigenvalue weighted by molar-refractivity contribution is 7.89. The van der Waals surface area contributed by atoms with Gasteiger partial charge in [-0.25, -0.2) is 8.42 Å². The lowest BCUT2D eigenvalue weighted by Crippen LogP contribution is -2.49. The lowest BCUT2D eigenvalue weighted by atomic mass is 10.2. The van der Waals surface area contributed by atoms with Crippen molar-refractivity contribution in [2.75, 3.05) is 26.2 Å². The van der Waals surface area contributed by atoms with E-state index in [2.05, 4.69) is 10.1 Å². The highest BCUT2D eigenvalue weighted by atomic mass is 35.5. The average Bonchev–Trinajstić information content (AvgIpc) is 3.17. The third-order valence-corrected chi connectivity index (χ3v) is 7.26. The van der Waals surface area contributed by atoms with Gasteiger partial charge in [-0.15, -0.1) is 0 Å². The second-order valence-corrected chi connectivity index (χ2v) is 9.75. The van der Waals surface area contributed by atoms with Gasteiger partial charge in [0.15, 0.2) is 5.82 Å². The normalized spacial score (nSPS) is 18.1. The maximum Gasteiger partial charge on any atom is 0.417 e. The molecule has 1 aliphatic heterocycles. The molecule has 1 aromatic carbocycles. The van der Waals surface area contributed by atoms with E-state index >= 15 is 0 Å². The van der Waals surface area contributed by atoms with Gasteiger partial charge in [-0.05, 0) is 25.1 Å². The van der Waals surface area contributed by atoms with Crippen LogP contribution < -0.4 is 0 Å². The molecule has 0 saturated carbocycles. The third kappa shape index (κ3) is 4.63. The number of hydrogen-bond donors (Lipinski definition) is 0. The van der Waals surface area contributed by atoms with Crippen LogP contribution in [0.15, 0.2) is 27.6 Å². The molecule has 0 N–H and O–H groups in total. The quantitative estimate of drug-likeness (QED) is 0.664. The van der Waals surface area contributed by atoms with Gasteiger partial charge < -0.3 is 4.52 Å². The monoisotopic (exact) mass is 466 g/mol. The maximum atomic E-state index is 13.1. The first-order valence-corrected chi connectivity index (χ1v) is 11.2. The van der Waals surface area contributed by atoms with Gasteiger partial charge in [0, 0.05) is 32.1 Å². The molecular formula is C18H22ClF3N4O3S. The van der Waals surface area contributed by atoms with E-state index in [1.54, 1.807) is 0 Å². The predicted octanol–water partition coefficient (Wildman–Crippen LogP) is 3.93. The van der Waals surface area contributed by atoms with Gasteiger partial charge in [0.2, 0.25) is 15.9 Å². The summed E-state index contributed by atoms with van der Waals surface area (Å²) in [5.74, 6) is 1.17. The smallest absolute Gasteiger partial charge is 0.338 e. The number of rotatable bonds is 5. The summed E-state index contributed by atoms with van der Waals surface area (Å²) in [5, 5.41) is 3.40. The zero-order valence-electron chi connectivity index (χ0n) is 16.6. The van der Waals surface area contributed by atoms with Gasteiger partial charge >= 0.3 is 6.18 Å². The van der Waals surface area contributed by atoms with Crippen LogP contribution in [-0.4, -0.2) is 53.9 Å². The van der Waals surface area contributed by atoms with Crippen LogP contribution in [0.5, 0.6) is 0 Å². The minimum atomic E-state index is -4.74. The molecule has 0 spiro atoms. The summed E-state index contributed by atoms with van der Waals surface area (Å²) in [5.41, 5.74) is -1.17. The van der Waals surface area contributed by atoms with Crippen molar-refractivity contribution < 1.29 is 26.1 Å². The van der Waals surface area contributed by atoms with Gasteiger partial charge in [0.1, 0.15) is 0 Å². The molecule has 0 aliphatic carbocycles. The van der Waals surface area contributed by atoms with E-state index in [1.165, 1.54) is 4.31 Å². The Morgan fingerprint density at radius 3 is 2.30 bits per heavy atom. The Labute approximate surface area is 177 Å². The molecular weight excluding hydrogens is 445 g/mol. The first kappa shape index (κ1) is 23.0. The molecule has 1 aromatic heterocycles. The van der Waals surface area contributed by atoms with Crippen molar-refractivity contribution in [1.82, 2.24) is 19.3 Å². The molecule has 1 atom stereocenters. The molecule has 0 bridgehead atoms. The Morgan fingerprint density at radius 1 is 1.13 bits per heavy atom. The Morgan fingerprint density at radius 2 is 1.77 bits per heavy atom. The Balaban J connectivity index is 1.72. The van der Waals surface area contributed by atoms with Gasteiger partial charge in [-0.3, -0.25) is 4.90 Å². The second kappa shape index (κ2) is 8.45. The molecule has 12 heteroatoms. The minimum Gasteiger partial charge on any atom is -0.338 e. The number of aromatic nitrogens is 2. The van der Waals surface area contributed by atoms with Crippen molar-refractivity contribution in [2.24, 2.45) is 0 Å². The van der Waals surface area contributed by atoms with Crippen LogP contribution in [0.1, 0.15) is 50.0 Å². The molecule has 166 valence electrons. The fourth-order valence-electron chi connectivity index (χ4n) is 3.17. The summed E-state index contributed by atoms with van der Waals surface area (Å²) in [7, 11) is -4.09. The number of piperazine rings is 1. The Kier molecular flexibility index (Phi) is 6.47. The number of nitrogens with zero attached hydrogens (tertiary/aromatic N) is 4. The molecule has 7 nitrogen and oxygen atoms in total. The minimum absolute atomic E-state index is 0.123. The van der Waals surface area contributed by atoms with Crippen LogP contribution in [0.4, 0.5) is 13.2 Å². The number of alkyl halides is 3. The lowest BCUT2D eigenvalue weighted by Gasteiger charge is -2.36. The van der Waals surface area contributed by atoms with Crippen molar-refractivity contribution in [2.45, 2.75) is 43.8 Å². The average molecular weight is 467 g/mol. The van der Waals surface area contributed by atoms with Crippen molar-refractivity contribution >= 4 is 21.6 Å². The zero-order valence-corrected chi connectivity index (χ0v) is 18.2. The third-order valence-electron chi connectivity index (χ3n) is 5.03. The number of benzene rings is 1. The van der Waals surface area contributed by atoms with Crippen LogP contribution in [-0.2, 0) is 16.2 Å². The fraction of sp³-hybridized carbons (Fsp3) is 0.556. The summed E-state index contributed by atoms with van der Waals surface area (Å²) in [6.45, 7) is 6.78. The van der Waals surface area contributed by atoms with Crippen molar-refractivity contribution in [3.63, 3.8) is 0 Å². The lowest BCUT2D eigenvalue weighted by molar-refractivity contribution is -0.137. The first-order chi connectivity index (χ1) is 13.9. The molecule has 2 aromatic rings. The summed E-state index contributed by atoms with van der Waals surface area (Å²) >= 11 is 5.60. The molecule has 1 unspecified atom stereocenters. The van der Waals surface area contributed by atoms with Gasteiger partial charge in [0.05, 0.1) is 21.5 Å². The summed E-state index contributed by atoms with van der Waals surface area (Å²) < 4.78 is 71.5. The van der Waals surface area contributed by atoms with Crippen LogP contribution >= 0.6 is 11.6 Å². The van der Waals surface area contributed by atoms with Gasteiger partial charge in [0.25, 0.3) is 0 Å². The van der Waals surface area contributed by atoms with Crippen molar-refractivity contribution in [3.05, 3.63) is 40.5 Å². The Bertz CT molecular complexity index is 1000. The molecule has 1 aliphatic rings. The van der Waals surface area contributed by atoms with Gasteiger partial charge in [-0.1, -0.05) is 30.6 Å². The van der Waals surface area contributed by atoms with E-state index in [-0.39, 0.29) is 25.0 Å². The summed E-state index contributed by atoms with van der Waals surface area (Å²) in [6, 6.07) is 2.42. The summed E-state index contributed by atoms with van der Waals surface area (Å²) in [6.07, 6.45) is -4.74. The molecule has 3 rings (SSSR count). The van der Waals surface area contributed by atoms with Crippen LogP contribution in [0, 0.1) is 0 Å². The largest absolute Gasteiger partial charge is 0.417 e. The number of hydrogen-bond acceptors (Lipinski definition) is 6. The van der Waals surface area contributed by atoms with E-state index in [9.17, 15) is 21.6 Å².